The van der Waals surface area contributed by atoms with Gasteiger partial charge in [-0.3, -0.25) is 14.9 Å². The number of aromatic nitrogens is 1. The van der Waals surface area contributed by atoms with E-state index in [-0.39, 0.29) is 6.29 Å². The van der Waals surface area contributed by atoms with Crippen LogP contribution in [0.1, 0.15) is 22.5 Å². The van der Waals surface area contributed by atoms with Crippen molar-refractivity contribution in [3.05, 3.63) is 33.4 Å². The van der Waals surface area contributed by atoms with Crippen molar-refractivity contribution in [2.45, 2.75) is 6.43 Å². The van der Waals surface area contributed by atoms with Crippen LogP contribution in [0.3, 0.4) is 0 Å². The maximum atomic E-state index is 13.1. The van der Waals surface area contributed by atoms with Crippen molar-refractivity contribution in [1.82, 2.24) is 4.98 Å². The lowest BCUT2D eigenvalue weighted by molar-refractivity contribution is -0.386. The molecule has 15 heavy (non-hydrogen) atoms. The Morgan fingerprint density at radius 3 is 2.53 bits per heavy atom. The highest BCUT2D eigenvalue weighted by atomic mass is 19.3. The van der Waals surface area contributed by atoms with Crippen LogP contribution >= 0.6 is 0 Å². The molecule has 5 nitrogen and oxygen atoms in total. The molecule has 0 spiro atoms. The number of rotatable bonds is 3. The Morgan fingerprint density at radius 1 is 1.53 bits per heavy atom. The zero-order valence-corrected chi connectivity index (χ0v) is 6.99. The fraction of sp³-hybridized carbons (Fsp3) is 0.143. The third kappa shape index (κ3) is 1.92. The molecule has 0 saturated carbocycles. The highest BCUT2D eigenvalue weighted by Crippen LogP contribution is 2.31. The minimum atomic E-state index is -3.38. The van der Waals surface area contributed by atoms with E-state index in [9.17, 15) is 28.1 Å². The number of nitrogens with zero attached hydrogens (tertiary/aromatic N) is 2. The van der Waals surface area contributed by atoms with Crippen LogP contribution in [0.4, 0.5) is 18.9 Å². The van der Waals surface area contributed by atoms with Crippen molar-refractivity contribution in [2.24, 2.45) is 0 Å². The first-order chi connectivity index (χ1) is 6.99. The molecular weight excluding hydrogens is 217 g/mol. The number of aldehydes is 1. The molecule has 0 unspecified atom stereocenters. The van der Waals surface area contributed by atoms with E-state index in [1.807, 2.05) is 0 Å². The van der Waals surface area contributed by atoms with Crippen LogP contribution in [0.5, 0.6) is 0 Å². The summed E-state index contributed by atoms with van der Waals surface area (Å²) in [5.74, 6) is -1.66. The van der Waals surface area contributed by atoms with Crippen LogP contribution in [-0.2, 0) is 0 Å². The van der Waals surface area contributed by atoms with Gasteiger partial charge < -0.3 is 0 Å². The van der Waals surface area contributed by atoms with Gasteiger partial charge in [-0.15, -0.1) is 0 Å². The Kier molecular flexibility index (Phi) is 2.98. The number of carbonyl (C=O) groups is 1. The predicted molar refractivity (Wildman–Crippen MR) is 41.2 cm³/mol. The predicted octanol–water partition coefficient (Wildman–Crippen LogP) is 1.88. The van der Waals surface area contributed by atoms with E-state index >= 15 is 0 Å². The molecule has 1 heterocycles. The molecule has 1 rings (SSSR count). The highest BCUT2D eigenvalue weighted by Gasteiger charge is 2.28. The first kappa shape index (κ1) is 11.1. The Morgan fingerprint density at radius 2 is 2.13 bits per heavy atom. The summed E-state index contributed by atoms with van der Waals surface area (Å²) in [5.41, 5.74) is -3.44. The smallest absolute Gasteiger partial charge is 0.296 e. The summed E-state index contributed by atoms with van der Waals surface area (Å²) in [6, 6.07) is 0. The van der Waals surface area contributed by atoms with E-state index in [1.54, 1.807) is 0 Å². The second kappa shape index (κ2) is 4.03. The lowest BCUT2D eigenvalue weighted by Gasteiger charge is -2.03. The van der Waals surface area contributed by atoms with Crippen molar-refractivity contribution < 1.29 is 22.9 Å². The minimum absolute atomic E-state index is 0.0923. The van der Waals surface area contributed by atoms with Crippen LogP contribution in [-0.4, -0.2) is 16.2 Å². The van der Waals surface area contributed by atoms with E-state index in [0.717, 1.165) is 0 Å². The summed E-state index contributed by atoms with van der Waals surface area (Å²) >= 11 is 0. The Labute approximate surface area is 80.7 Å². The summed E-state index contributed by atoms with van der Waals surface area (Å²) in [7, 11) is 0. The number of pyridine rings is 1. The third-order valence-electron chi connectivity index (χ3n) is 1.59. The molecule has 0 saturated heterocycles. The van der Waals surface area contributed by atoms with Crippen molar-refractivity contribution in [1.29, 1.82) is 0 Å². The molecule has 0 aliphatic rings. The van der Waals surface area contributed by atoms with E-state index in [0.29, 0.717) is 6.20 Å². The van der Waals surface area contributed by atoms with Gasteiger partial charge in [-0.05, 0) is 0 Å². The molecule has 0 aliphatic carbocycles. The van der Waals surface area contributed by atoms with E-state index in [2.05, 4.69) is 4.98 Å². The number of hydrogen-bond acceptors (Lipinski definition) is 4. The first-order valence-electron chi connectivity index (χ1n) is 3.55. The van der Waals surface area contributed by atoms with Gasteiger partial charge in [-0.2, -0.15) is 0 Å². The van der Waals surface area contributed by atoms with Crippen molar-refractivity contribution >= 4 is 12.0 Å². The van der Waals surface area contributed by atoms with Gasteiger partial charge in [0.1, 0.15) is 17.5 Å². The summed E-state index contributed by atoms with van der Waals surface area (Å²) in [5, 5.41) is 10.3. The summed E-state index contributed by atoms with van der Waals surface area (Å²) in [4.78, 5) is 22.3. The minimum Gasteiger partial charge on any atom is -0.296 e. The zero-order chi connectivity index (χ0) is 11.6. The first-order valence-corrected chi connectivity index (χ1v) is 3.55. The molecular formula is C7H3F3N2O3. The summed E-state index contributed by atoms with van der Waals surface area (Å²) in [6.07, 6.45) is -3.05. The lowest BCUT2D eigenvalue weighted by atomic mass is 10.2. The standard InChI is InChI=1S/C7H3F3N2O3/c8-6-3(2-13)11-1-4(12(14)15)5(6)7(9)10/h1-2,7H. The maximum absolute atomic E-state index is 13.1. The van der Waals surface area contributed by atoms with Gasteiger partial charge in [-0.1, -0.05) is 0 Å². The van der Waals surface area contributed by atoms with Crippen molar-refractivity contribution in [3.63, 3.8) is 0 Å². The van der Waals surface area contributed by atoms with Gasteiger partial charge in [0, 0.05) is 0 Å². The Bertz CT molecular complexity index is 422. The van der Waals surface area contributed by atoms with Crippen LogP contribution in [0.15, 0.2) is 6.20 Å². The number of nitro groups is 1. The molecule has 0 atom stereocenters. The van der Waals surface area contributed by atoms with Crippen LogP contribution in [0.25, 0.3) is 0 Å². The molecule has 1 aromatic rings. The SMILES string of the molecule is O=Cc1ncc([N+](=O)[O-])c(C(F)F)c1F. The van der Waals surface area contributed by atoms with Gasteiger partial charge in [0.05, 0.1) is 4.92 Å². The fourth-order valence-electron chi connectivity index (χ4n) is 0.943. The molecule has 0 bridgehead atoms. The number of carbonyl (C=O) groups excluding carboxylic acids is 1. The van der Waals surface area contributed by atoms with Crippen LogP contribution < -0.4 is 0 Å². The van der Waals surface area contributed by atoms with E-state index in [4.69, 9.17) is 0 Å². The highest BCUT2D eigenvalue weighted by molar-refractivity contribution is 5.73. The van der Waals surface area contributed by atoms with Gasteiger partial charge >= 0.3 is 0 Å². The molecule has 1 aromatic heterocycles. The Hall–Kier alpha value is -1.99. The third-order valence-corrected chi connectivity index (χ3v) is 1.59. The average Bonchev–Trinajstić information content (AvgIpc) is 2.16. The topological polar surface area (TPSA) is 73.1 Å². The van der Waals surface area contributed by atoms with Gasteiger partial charge in [0.2, 0.25) is 0 Å². The molecule has 0 amide bonds. The molecule has 0 radical (unpaired) electrons. The van der Waals surface area contributed by atoms with Gasteiger partial charge in [0.15, 0.2) is 12.1 Å². The second-order valence-electron chi connectivity index (χ2n) is 2.43. The quantitative estimate of drug-likeness (QED) is 0.442. The van der Waals surface area contributed by atoms with E-state index in [1.165, 1.54) is 0 Å². The lowest BCUT2D eigenvalue weighted by Crippen LogP contribution is -2.05. The summed E-state index contributed by atoms with van der Waals surface area (Å²) in [6.45, 7) is 0. The molecule has 80 valence electrons. The van der Waals surface area contributed by atoms with Crippen molar-refractivity contribution in [2.75, 3.05) is 0 Å². The van der Waals surface area contributed by atoms with Gasteiger partial charge in [0.25, 0.3) is 12.1 Å². The van der Waals surface area contributed by atoms with Crippen LogP contribution in [0, 0.1) is 15.9 Å². The van der Waals surface area contributed by atoms with Crippen LogP contribution in [0.2, 0.25) is 0 Å². The monoisotopic (exact) mass is 220 g/mol. The Balaban J connectivity index is 3.51. The van der Waals surface area contributed by atoms with E-state index < -0.39 is 34.1 Å². The zero-order valence-electron chi connectivity index (χ0n) is 6.99. The van der Waals surface area contributed by atoms with Gasteiger partial charge in [-0.25, -0.2) is 18.2 Å². The number of hydrogen-bond donors (Lipinski definition) is 0. The second-order valence-corrected chi connectivity index (χ2v) is 2.43. The normalized spacial score (nSPS) is 10.4. The number of halogens is 3. The molecule has 8 heteroatoms. The molecule has 0 aliphatic heterocycles. The average molecular weight is 220 g/mol. The molecule has 0 N–H and O–H groups in total. The van der Waals surface area contributed by atoms with Crippen molar-refractivity contribution in [3.8, 4) is 0 Å². The molecule has 0 fully saturated rings. The summed E-state index contributed by atoms with van der Waals surface area (Å²) < 4.78 is 37.6. The maximum Gasteiger partial charge on any atom is 0.299 e. The largest absolute Gasteiger partial charge is 0.299 e. The molecule has 0 aromatic carbocycles. The fourth-order valence-corrected chi connectivity index (χ4v) is 0.943. The number of alkyl halides is 2.